The maximum absolute atomic E-state index is 11.6. The molecule has 0 spiro atoms. The Balaban J connectivity index is 0.00000441. The molecule has 0 radical (unpaired) electrons. The highest BCUT2D eigenvalue weighted by atomic mass is 35.5. The van der Waals surface area contributed by atoms with Gasteiger partial charge in [0.25, 0.3) is 0 Å². The van der Waals surface area contributed by atoms with Gasteiger partial charge in [0.1, 0.15) is 5.75 Å². The van der Waals surface area contributed by atoms with Crippen LogP contribution < -0.4 is 15.4 Å². The molecule has 0 aliphatic rings. The summed E-state index contributed by atoms with van der Waals surface area (Å²) in [6.45, 7) is 9.33. The fraction of sp³-hybridized carbons (Fsp3) is 0.588. The summed E-state index contributed by atoms with van der Waals surface area (Å²) < 4.78 is 5.58. The van der Waals surface area contributed by atoms with Crippen molar-refractivity contribution in [3.05, 3.63) is 29.8 Å². The van der Waals surface area contributed by atoms with E-state index in [2.05, 4.69) is 43.5 Å². The van der Waals surface area contributed by atoms with Gasteiger partial charge in [0.2, 0.25) is 5.91 Å². The normalized spacial score (nSPS) is 10.2. The fourth-order valence-corrected chi connectivity index (χ4v) is 1.89. The van der Waals surface area contributed by atoms with Gasteiger partial charge < -0.3 is 15.4 Å². The standard InChI is InChI=1S/C17H28N2O2.ClH/c1-4-10-18-11-12-19-17(20)9-13-21-16-7-5-15(6-8-16)14(2)3;/h5-8,14,18H,4,9-13H2,1-3H3,(H,19,20);1H. The molecule has 0 saturated carbocycles. The van der Waals surface area contributed by atoms with Crippen molar-refractivity contribution in [1.29, 1.82) is 0 Å². The van der Waals surface area contributed by atoms with Gasteiger partial charge in [-0.25, -0.2) is 0 Å². The molecule has 2 N–H and O–H groups in total. The summed E-state index contributed by atoms with van der Waals surface area (Å²) in [5.41, 5.74) is 1.29. The van der Waals surface area contributed by atoms with Gasteiger partial charge in [-0.1, -0.05) is 32.9 Å². The summed E-state index contributed by atoms with van der Waals surface area (Å²) in [4.78, 5) is 11.6. The zero-order chi connectivity index (χ0) is 15.5. The summed E-state index contributed by atoms with van der Waals surface area (Å²) in [6, 6.07) is 8.06. The molecule has 0 unspecified atom stereocenters. The summed E-state index contributed by atoms with van der Waals surface area (Å²) in [5.74, 6) is 1.37. The molecule has 1 aromatic carbocycles. The number of halogens is 1. The molecular weight excluding hydrogens is 300 g/mol. The van der Waals surface area contributed by atoms with Crippen molar-refractivity contribution in [2.45, 2.75) is 39.5 Å². The Labute approximate surface area is 140 Å². The molecular formula is C17H29ClN2O2. The van der Waals surface area contributed by atoms with Gasteiger partial charge in [0.15, 0.2) is 0 Å². The van der Waals surface area contributed by atoms with Crippen LogP contribution in [-0.4, -0.2) is 32.1 Å². The number of hydrogen-bond donors (Lipinski definition) is 2. The average molecular weight is 329 g/mol. The van der Waals surface area contributed by atoms with Crippen LogP contribution in [0.1, 0.15) is 45.1 Å². The topological polar surface area (TPSA) is 50.4 Å². The molecule has 1 rings (SSSR count). The second kappa shape index (κ2) is 12.3. The Kier molecular flexibility index (Phi) is 11.6. The SMILES string of the molecule is CCCNCCNC(=O)CCOc1ccc(C(C)C)cc1.Cl. The zero-order valence-electron chi connectivity index (χ0n) is 13.9. The lowest BCUT2D eigenvalue weighted by molar-refractivity contribution is -0.121. The maximum atomic E-state index is 11.6. The molecule has 0 aliphatic heterocycles. The maximum Gasteiger partial charge on any atom is 0.223 e. The number of carbonyl (C=O) groups excluding carboxylic acids is 1. The number of rotatable bonds is 10. The first-order valence-corrected chi connectivity index (χ1v) is 7.83. The number of amides is 1. The van der Waals surface area contributed by atoms with Crippen molar-refractivity contribution in [3.8, 4) is 5.75 Å². The Morgan fingerprint density at radius 3 is 2.41 bits per heavy atom. The van der Waals surface area contributed by atoms with Gasteiger partial charge >= 0.3 is 0 Å². The summed E-state index contributed by atoms with van der Waals surface area (Å²) in [6.07, 6.45) is 1.50. The fourth-order valence-electron chi connectivity index (χ4n) is 1.89. The third-order valence-corrected chi connectivity index (χ3v) is 3.20. The molecule has 0 saturated heterocycles. The van der Waals surface area contributed by atoms with Crippen LogP contribution >= 0.6 is 12.4 Å². The molecule has 0 aromatic heterocycles. The molecule has 1 amide bonds. The van der Waals surface area contributed by atoms with Crippen molar-refractivity contribution in [1.82, 2.24) is 10.6 Å². The number of ether oxygens (including phenoxy) is 1. The van der Waals surface area contributed by atoms with Crippen molar-refractivity contribution in [3.63, 3.8) is 0 Å². The van der Waals surface area contributed by atoms with Crippen LogP contribution in [0.2, 0.25) is 0 Å². The number of nitrogens with one attached hydrogen (secondary N) is 2. The minimum absolute atomic E-state index is 0. The average Bonchev–Trinajstić information content (AvgIpc) is 2.47. The molecule has 0 heterocycles. The molecule has 4 nitrogen and oxygen atoms in total. The Bertz CT molecular complexity index is 408. The van der Waals surface area contributed by atoms with Crippen molar-refractivity contribution < 1.29 is 9.53 Å². The van der Waals surface area contributed by atoms with Crippen molar-refractivity contribution >= 4 is 18.3 Å². The quantitative estimate of drug-likeness (QED) is 0.649. The first-order valence-electron chi connectivity index (χ1n) is 7.83. The molecule has 5 heteroatoms. The van der Waals surface area contributed by atoms with E-state index in [1.54, 1.807) is 0 Å². The van der Waals surface area contributed by atoms with E-state index >= 15 is 0 Å². The Hall–Kier alpha value is -1.26. The molecule has 22 heavy (non-hydrogen) atoms. The molecule has 0 fully saturated rings. The predicted octanol–water partition coefficient (Wildman–Crippen LogP) is 3.12. The van der Waals surface area contributed by atoms with E-state index in [0.29, 0.717) is 25.5 Å². The summed E-state index contributed by atoms with van der Waals surface area (Å²) >= 11 is 0. The monoisotopic (exact) mass is 328 g/mol. The van der Waals surface area contributed by atoms with E-state index < -0.39 is 0 Å². The highest BCUT2D eigenvalue weighted by Crippen LogP contribution is 2.18. The van der Waals surface area contributed by atoms with Gasteiger partial charge in [-0.2, -0.15) is 0 Å². The van der Waals surface area contributed by atoms with Gasteiger partial charge in [-0.3, -0.25) is 4.79 Å². The Morgan fingerprint density at radius 1 is 1.14 bits per heavy atom. The van der Waals surface area contributed by atoms with Crippen LogP contribution in [0.25, 0.3) is 0 Å². The van der Waals surface area contributed by atoms with Crippen LogP contribution in [0.4, 0.5) is 0 Å². The predicted molar refractivity (Wildman–Crippen MR) is 94.1 cm³/mol. The second-order valence-corrected chi connectivity index (χ2v) is 5.42. The number of carbonyl (C=O) groups is 1. The molecule has 0 aliphatic carbocycles. The van der Waals surface area contributed by atoms with Gasteiger partial charge in [0, 0.05) is 13.1 Å². The minimum Gasteiger partial charge on any atom is -0.493 e. The zero-order valence-corrected chi connectivity index (χ0v) is 14.7. The molecule has 1 aromatic rings. The molecule has 0 atom stereocenters. The van der Waals surface area contributed by atoms with Gasteiger partial charge in [0.05, 0.1) is 13.0 Å². The van der Waals surface area contributed by atoms with E-state index in [4.69, 9.17) is 4.74 Å². The van der Waals surface area contributed by atoms with Gasteiger partial charge in [-0.05, 0) is 36.6 Å². The van der Waals surface area contributed by atoms with E-state index in [9.17, 15) is 4.79 Å². The second-order valence-electron chi connectivity index (χ2n) is 5.42. The summed E-state index contributed by atoms with van der Waals surface area (Å²) in [5, 5.41) is 6.11. The third kappa shape index (κ3) is 8.90. The first kappa shape index (κ1) is 20.7. The molecule has 126 valence electrons. The largest absolute Gasteiger partial charge is 0.493 e. The van der Waals surface area contributed by atoms with E-state index in [0.717, 1.165) is 25.3 Å². The third-order valence-electron chi connectivity index (χ3n) is 3.20. The summed E-state index contributed by atoms with van der Waals surface area (Å²) in [7, 11) is 0. The van der Waals surface area contributed by atoms with Crippen LogP contribution in [0, 0.1) is 0 Å². The van der Waals surface area contributed by atoms with E-state index in [1.165, 1.54) is 5.56 Å². The van der Waals surface area contributed by atoms with Crippen LogP contribution in [-0.2, 0) is 4.79 Å². The van der Waals surface area contributed by atoms with Crippen molar-refractivity contribution in [2.24, 2.45) is 0 Å². The highest BCUT2D eigenvalue weighted by Gasteiger charge is 2.02. The van der Waals surface area contributed by atoms with Crippen LogP contribution in [0.5, 0.6) is 5.75 Å². The smallest absolute Gasteiger partial charge is 0.223 e. The van der Waals surface area contributed by atoms with E-state index in [1.807, 2.05) is 12.1 Å². The lowest BCUT2D eigenvalue weighted by Crippen LogP contribution is -2.32. The lowest BCUT2D eigenvalue weighted by Gasteiger charge is -2.09. The molecule has 0 bridgehead atoms. The van der Waals surface area contributed by atoms with Crippen LogP contribution in [0.3, 0.4) is 0 Å². The van der Waals surface area contributed by atoms with E-state index in [-0.39, 0.29) is 18.3 Å². The number of benzene rings is 1. The highest BCUT2D eigenvalue weighted by molar-refractivity contribution is 5.85. The number of hydrogen-bond acceptors (Lipinski definition) is 3. The Morgan fingerprint density at radius 2 is 1.82 bits per heavy atom. The van der Waals surface area contributed by atoms with Crippen LogP contribution in [0.15, 0.2) is 24.3 Å². The minimum atomic E-state index is 0. The first-order chi connectivity index (χ1) is 10.1. The lowest BCUT2D eigenvalue weighted by atomic mass is 10.0. The van der Waals surface area contributed by atoms with Gasteiger partial charge in [-0.15, -0.1) is 12.4 Å². The van der Waals surface area contributed by atoms with Crippen molar-refractivity contribution in [2.75, 3.05) is 26.2 Å².